The molecule has 0 aliphatic heterocycles. The number of carbonyl (C=O) groups excluding carboxylic acids is 1. The standard InChI is InChI=1S/C15H15NO4/c1-19-13-8-7-10(9-14(13)20-2)15(18)16-11-5-3-4-6-12(11)17/h3-9,17H,1-2H3,(H,16,18). The van der Waals surface area contributed by atoms with E-state index in [0.717, 1.165) is 0 Å². The second kappa shape index (κ2) is 5.97. The van der Waals surface area contributed by atoms with Crippen LogP contribution in [0.1, 0.15) is 10.4 Å². The van der Waals surface area contributed by atoms with Gasteiger partial charge in [0.1, 0.15) is 5.75 Å². The summed E-state index contributed by atoms with van der Waals surface area (Å²) in [6.07, 6.45) is 0. The number of ether oxygens (including phenoxy) is 2. The highest BCUT2D eigenvalue weighted by molar-refractivity contribution is 6.05. The van der Waals surface area contributed by atoms with Gasteiger partial charge in [0, 0.05) is 5.56 Å². The fourth-order valence-electron chi connectivity index (χ4n) is 1.75. The Balaban J connectivity index is 2.24. The average Bonchev–Trinajstić information content (AvgIpc) is 2.48. The number of rotatable bonds is 4. The van der Waals surface area contributed by atoms with Gasteiger partial charge < -0.3 is 19.9 Å². The topological polar surface area (TPSA) is 67.8 Å². The summed E-state index contributed by atoms with van der Waals surface area (Å²) in [5.41, 5.74) is 0.762. The molecule has 0 aliphatic carbocycles. The molecule has 5 heteroatoms. The number of nitrogens with one attached hydrogen (secondary N) is 1. The number of hydrogen-bond donors (Lipinski definition) is 2. The highest BCUT2D eigenvalue weighted by Gasteiger charge is 2.12. The lowest BCUT2D eigenvalue weighted by Gasteiger charge is -2.10. The van der Waals surface area contributed by atoms with Gasteiger partial charge in [0.2, 0.25) is 0 Å². The number of aromatic hydroxyl groups is 1. The summed E-state index contributed by atoms with van der Waals surface area (Å²) >= 11 is 0. The maximum absolute atomic E-state index is 12.1. The summed E-state index contributed by atoms with van der Waals surface area (Å²) in [5, 5.41) is 12.3. The fourth-order valence-corrected chi connectivity index (χ4v) is 1.75. The molecule has 0 aliphatic rings. The van der Waals surface area contributed by atoms with E-state index in [1.54, 1.807) is 36.4 Å². The highest BCUT2D eigenvalue weighted by Crippen LogP contribution is 2.28. The molecule has 2 rings (SSSR count). The maximum atomic E-state index is 12.1. The lowest BCUT2D eigenvalue weighted by atomic mass is 10.1. The van der Waals surface area contributed by atoms with E-state index in [9.17, 15) is 9.90 Å². The third-order valence-electron chi connectivity index (χ3n) is 2.80. The molecule has 0 bridgehead atoms. The number of hydrogen-bond acceptors (Lipinski definition) is 4. The van der Waals surface area contributed by atoms with Gasteiger partial charge in [-0.25, -0.2) is 0 Å². The molecule has 0 saturated carbocycles. The van der Waals surface area contributed by atoms with Crippen LogP contribution in [0, 0.1) is 0 Å². The van der Waals surface area contributed by atoms with E-state index in [-0.39, 0.29) is 11.7 Å². The van der Waals surface area contributed by atoms with E-state index in [1.807, 2.05) is 0 Å². The second-order valence-electron chi connectivity index (χ2n) is 4.04. The second-order valence-corrected chi connectivity index (χ2v) is 4.04. The summed E-state index contributed by atoms with van der Waals surface area (Å²) in [4.78, 5) is 12.1. The van der Waals surface area contributed by atoms with Crippen LogP contribution in [-0.2, 0) is 0 Å². The first-order chi connectivity index (χ1) is 9.65. The Hall–Kier alpha value is -2.69. The van der Waals surface area contributed by atoms with Crippen LogP contribution >= 0.6 is 0 Å². The molecule has 2 N–H and O–H groups in total. The van der Waals surface area contributed by atoms with E-state index in [1.165, 1.54) is 20.3 Å². The van der Waals surface area contributed by atoms with Crippen molar-refractivity contribution in [3.05, 3.63) is 48.0 Å². The molecule has 5 nitrogen and oxygen atoms in total. The molecule has 2 aromatic carbocycles. The first-order valence-corrected chi connectivity index (χ1v) is 5.97. The van der Waals surface area contributed by atoms with Crippen LogP contribution in [-0.4, -0.2) is 25.2 Å². The Labute approximate surface area is 116 Å². The van der Waals surface area contributed by atoms with Crippen LogP contribution in [0.4, 0.5) is 5.69 Å². The average molecular weight is 273 g/mol. The maximum Gasteiger partial charge on any atom is 0.255 e. The van der Waals surface area contributed by atoms with Gasteiger partial charge in [-0.2, -0.15) is 0 Å². The van der Waals surface area contributed by atoms with Gasteiger partial charge in [0.05, 0.1) is 19.9 Å². The summed E-state index contributed by atoms with van der Waals surface area (Å²) in [6.45, 7) is 0. The monoisotopic (exact) mass is 273 g/mol. The quantitative estimate of drug-likeness (QED) is 0.840. The molecule has 0 saturated heterocycles. The Bertz CT molecular complexity index is 625. The zero-order valence-corrected chi connectivity index (χ0v) is 11.2. The van der Waals surface area contributed by atoms with Crippen molar-refractivity contribution in [3.8, 4) is 17.2 Å². The molecular formula is C15H15NO4. The van der Waals surface area contributed by atoms with Crippen LogP contribution < -0.4 is 14.8 Å². The molecule has 2 aromatic rings. The Morgan fingerprint density at radius 3 is 2.40 bits per heavy atom. The van der Waals surface area contributed by atoms with E-state index in [4.69, 9.17) is 9.47 Å². The lowest BCUT2D eigenvalue weighted by molar-refractivity contribution is 0.102. The molecule has 0 fully saturated rings. The van der Waals surface area contributed by atoms with Crippen LogP contribution in [0.3, 0.4) is 0 Å². The van der Waals surface area contributed by atoms with Crippen molar-refractivity contribution in [1.29, 1.82) is 0 Å². The molecule has 1 amide bonds. The first kappa shape index (κ1) is 13.7. The largest absolute Gasteiger partial charge is 0.506 e. The molecule has 20 heavy (non-hydrogen) atoms. The van der Waals surface area contributed by atoms with Crippen molar-refractivity contribution in [1.82, 2.24) is 0 Å². The Morgan fingerprint density at radius 1 is 1.05 bits per heavy atom. The lowest BCUT2D eigenvalue weighted by Crippen LogP contribution is -2.12. The zero-order chi connectivity index (χ0) is 14.5. The van der Waals surface area contributed by atoms with Crippen molar-refractivity contribution in [2.45, 2.75) is 0 Å². The van der Waals surface area contributed by atoms with E-state index >= 15 is 0 Å². The summed E-state index contributed by atoms with van der Waals surface area (Å²) in [6, 6.07) is 11.4. The first-order valence-electron chi connectivity index (χ1n) is 5.97. The molecule has 0 unspecified atom stereocenters. The fraction of sp³-hybridized carbons (Fsp3) is 0.133. The number of anilines is 1. The smallest absolute Gasteiger partial charge is 0.255 e. The van der Waals surface area contributed by atoms with Gasteiger partial charge in [-0.3, -0.25) is 4.79 Å². The minimum Gasteiger partial charge on any atom is -0.506 e. The molecular weight excluding hydrogens is 258 g/mol. The third-order valence-corrected chi connectivity index (χ3v) is 2.80. The molecule has 0 heterocycles. The number of phenols is 1. The number of carbonyl (C=O) groups is 1. The number of benzene rings is 2. The Kier molecular flexibility index (Phi) is 4.10. The number of phenolic OH excluding ortho intramolecular Hbond substituents is 1. The molecule has 0 radical (unpaired) electrons. The minimum absolute atomic E-state index is 0.0151. The normalized spacial score (nSPS) is 9.90. The summed E-state index contributed by atoms with van der Waals surface area (Å²) in [7, 11) is 3.03. The van der Waals surface area contributed by atoms with Crippen molar-refractivity contribution in [3.63, 3.8) is 0 Å². The molecule has 0 atom stereocenters. The van der Waals surface area contributed by atoms with Gasteiger partial charge in [0.15, 0.2) is 11.5 Å². The SMILES string of the molecule is COc1ccc(C(=O)Nc2ccccc2O)cc1OC. The van der Waals surface area contributed by atoms with Gasteiger partial charge in [0.25, 0.3) is 5.91 Å². The van der Waals surface area contributed by atoms with Crippen molar-refractivity contribution >= 4 is 11.6 Å². The van der Waals surface area contributed by atoms with E-state index < -0.39 is 0 Å². The third kappa shape index (κ3) is 2.83. The Morgan fingerprint density at radius 2 is 1.75 bits per heavy atom. The van der Waals surface area contributed by atoms with E-state index in [0.29, 0.717) is 22.7 Å². The van der Waals surface area contributed by atoms with Gasteiger partial charge in [-0.05, 0) is 30.3 Å². The van der Waals surface area contributed by atoms with Crippen molar-refractivity contribution in [2.24, 2.45) is 0 Å². The molecule has 0 spiro atoms. The van der Waals surface area contributed by atoms with Gasteiger partial charge in [-0.1, -0.05) is 12.1 Å². The summed E-state index contributed by atoms with van der Waals surface area (Å²) < 4.78 is 10.3. The van der Waals surface area contributed by atoms with Crippen LogP contribution in [0.5, 0.6) is 17.2 Å². The van der Waals surface area contributed by atoms with Gasteiger partial charge in [-0.15, -0.1) is 0 Å². The predicted octanol–water partition coefficient (Wildman–Crippen LogP) is 2.66. The predicted molar refractivity (Wildman–Crippen MR) is 75.6 cm³/mol. The van der Waals surface area contributed by atoms with Crippen molar-refractivity contribution < 1.29 is 19.4 Å². The van der Waals surface area contributed by atoms with Gasteiger partial charge >= 0.3 is 0 Å². The van der Waals surface area contributed by atoms with Crippen molar-refractivity contribution in [2.75, 3.05) is 19.5 Å². The number of para-hydroxylation sites is 2. The molecule has 104 valence electrons. The minimum atomic E-state index is -0.340. The van der Waals surface area contributed by atoms with Crippen LogP contribution in [0.2, 0.25) is 0 Å². The summed E-state index contributed by atoms with van der Waals surface area (Å²) in [5.74, 6) is 0.692. The van der Waals surface area contributed by atoms with E-state index in [2.05, 4.69) is 5.32 Å². The van der Waals surface area contributed by atoms with Crippen LogP contribution in [0.15, 0.2) is 42.5 Å². The van der Waals surface area contributed by atoms with Crippen LogP contribution in [0.25, 0.3) is 0 Å². The number of methoxy groups -OCH3 is 2. The molecule has 0 aromatic heterocycles. The zero-order valence-electron chi connectivity index (χ0n) is 11.2. The number of amides is 1. The highest BCUT2D eigenvalue weighted by atomic mass is 16.5.